The summed E-state index contributed by atoms with van der Waals surface area (Å²) in [7, 11) is 1.18. The van der Waals surface area contributed by atoms with E-state index in [1.807, 2.05) is 6.07 Å². The minimum Gasteiger partial charge on any atom is -0.493 e. The molecule has 0 radical (unpaired) electrons. The van der Waals surface area contributed by atoms with Crippen LogP contribution in [0.15, 0.2) is 16.6 Å². The number of carbonyl (C=O) groups excluding carboxylic acids is 1. The molecule has 0 saturated carbocycles. The Hall–Kier alpha value is -1.56. The van der Waals surface area contributed by atoms with E-state index in [4.69, 9.17) is 9.84 Å². The van der Waals surface area contributed by atoms with Gasteiger partial charge in [0.15, 0.2) is 5.92 Å². The van der Waals surface area contributed by atoms with Crippen LogP contribution >= 0.6 is 15.9 Å². The van der Waals surface area contributed by atoms with Crippen molar-refractivity contribution in [3.8, 4) is 5.75 Å². The molecule has 1 atom stereocenters. The zero-order valence-electron chi connectivity index (χ0n) is 10.3. The van der Waals surface area contributed by atoms with E-state index >= 15 is 0 Å². The Balaban J connectivity index is 2.32. The maximum Gasteiger partial charge on any atom is 0.320 e. The van der Waals surface area contributed by atoms with Crippen molar-refractivity contribution in [2.24, 2.45) is 5.92 Å². The second-order valence-corrected chi connectivity index (χ2v) is 5.19. The average Bonchev–Trinajstić information content (AvgIpc) is 2.82. The van der Waals surface area contributed by atoms with Gasteiger partial charge < -0.3 is 14.6 Å². The van der Waals surface area contributed by atoms with Gasteiger partial charge in [0.25, 0.3) is 0 Å². The second kappa shape index (κ2) is 5.61. The number of rotatable bonds is 4. The highest BCUT2D eigenvalue weighted by Gasteiger charge is 2.30. The molecule has 0 bridgehead atoms. The Labute approximate surface area is 118 Å². The van der Waals surface area contributed by atoms with Crippen molar-refractivity contribution >= 4 is 27.9 Å². The minimum absolute atomic E-state index is 0.0593. The lowest BCUT2D eigenvalue weighted by molar-refractivity contribution is -0.156. The Kier molecular flexibility index (Phi) is 4.09. The standard InChI is InChI=1S/C13H13BrO5/c1-18-13(17)10(12(15)16)6-8-5-9(14)4-7-2-3-19-11(7)8/h4-5,10H,2-3,6H2,1H3,(H,15,16). The van der Waals surface area contributed by atoms with Crippen molar-refractivity contribution in [3.63, 3.8) is 0 Å². The second-order valence-electron chi connectivity index (χ2n) is 4.27. The number of carboxylic acid groups (broad SMARTS) is 1. The number of carboxylic acids is 1. The third-order valence-corrected chi connectivity index (χ3v) is 3.49. The highest BCUT2D eigenvalue weighted by Crippen LogP contribution is 2.34. The van der Waals surface area contributed by atoms with E-state index in [-0.39, 0.29) is 6.42 Å². The summed E-state index contributed by atoms with van der Waals surface area (Å²) >= 11 is 3.38. The van der Waals surface area contributed by atoms with Gasteiger partial charge in [-0.25, -0.2) is 0 Å². The lowest BCUT2D eigenvalue weighted by atomic mass is 9.97. The minimum atomic E-state index is -1.22. The van der Waals surface area contributed by atoms with Crippen molar-refractivity contribution in [1.29, 1.82) is 0 Å². The van der Waals surface area contributed by atoms with Crippen LogP contribution in [-0.4, -0.2) is 30.8 Å². The quantitative estimate of drug-likeness (QED) is 0.674. The zero-order chi connectivity index (χ0) is 14.0. The molecule has 1 aromatic carbocycles. The van der Waals surface area contributed by atoms with Crippen molar-refractivity contribution in [3.05, 3.63) is 27.7 Å². The lowest BCUT2D eigenvalue weighted by Gasteiger charge is -2.13. The number of hydrogen-bond donors (Lipinski definition) is 1. The monoisotopic (exact) mass is 328 g/mol. The van der Waals surface area contributed by atoms with Gasteiger partial charge in [-0.15, -0.1) is 0 Å². The van der Waals surface area contributed by atoms with Gasteiger partial charge in [0.05, 0.1) is 13.7 Å². The Bertz CT molecular complexity index is 526. The SMILES string of the molecule is COC(=O)C(Cc1cc(Br)cc2c1OCC2)C(=O)O. The number of fused-ring (bicyclic) bond motifs is 1. The smallest absolute Gasteiger partial charge is 0.320 e. The van der Waals surface area contributed by atoms with Gasteiger partial charge in [-0.05, 0) is 23.3 Å². The Morgan fingerprint density at radius 3 is 2.89 bits per heavy atom. The van der Waals surface area contributed by atoms with Crippen molar-refractivity contribution < 1.29 is 24.2 Å². The summed E-state index contributed by atoms with van der Waals surface area (Å²) in [5.41, 5.74) is 1.73. The first kappa shape index (κ1) is 13.9. The number of halogens is 1. The van der Waals surface area contributed by atoms with Crippen molar-refractivity contribution in [1.82, 2.24) is 0 Å². The van der Waals surface area contributed by atoms with Crippen LogP contribution in [-0.2, 0) is 27.2 Å². The van der Waals surface area contributed by atoms with Crippen molar-refractivity contribution in [2.75, 3.05) is 13.7 Å². The fraction of sp³-hybridized carbons (Fsp3) is 0.385. The molecule has 1 aliphatic rings. The largest absolute Gasteiger partial charge is 0.493 e. The third-order valence-electron chi connectivity index (χ3n) is 3.03. The van der Waals surface area contributed by atoms with E-state index in [0.29, 0.717) is 17.9 Å². The number of carbonyl (C=O) groups is 2. The lowest BCUT2D eigenvalue weighted by Crippen LogP contribution is -2.27. The van der Waals surface area contributed by atoms with E-state index in [2.05, 4.69) is 20.7 Å². The number of esters is 1. The zero-order valence-corrected chi connectivity index (χ0v) is 11.9. The van der Waals surface area contributed by atoms with Crippen molar-refractivity contribution in [2.45, 2.75) is 12.8 Å². The van der Waals surface area contributed by atoms with Crippen LogP contribution in [0.3, 0.4) is 0 Å². The molecule has 1 heterocycles. The molecule has 1 N–H and O–H groups in total. The van der Waals surface area contributed by atoms with Gasteiger partial charge in [0.2, 0.25) is 0 Å². The maximum atomic E-state index is 11.5. The van der Waals surface area contributed by atoms with Gasteiger partial charge in [0, 0.05) is 17.3 Å². The predicted octanol–water partition coefficient (Wildman–Crippen LogP) is 1.80. The van der Waals surface area contributed by atoms with Crippen LogP contribution in [0.25, 0.3) is 0 Å². The first-order valence-electron chi connectivity index (χ1n) is 5.77. The molecule has 0 fully saturated rings. The summed E-state index contributed by atoms with van der Waals surface area (Å²) in [6, 6.07) is 3.72. The molecule has 0 aromatic heterocycles. The molecule has 0 aliphatic carbocycles. The molecule has 1 aliphatic heterocycles. The van der Waals surface area contributed by atoms with E-state index < -0.39 is 17.9 Å². The number of benzene rings is 1. The highest BCUT2D eigenvalue weighted by atomic mass is 79.9. The molecule has 0 spiro atoms. The van der Waals surface area contributed by atoms with Gasteiger partial charge in [-0.1, -0.05) is 15.9 Å². The molecule has 19 heavy (non-hydrogen) atoms. The van der Waals surface area contributed by atoms with Gasteiger partial charge in [-0.2, -0.15) is 0 Å². The molecule has 5 nitrogen and oxygen atoms in total. The number of hydrogen-bond acceptors (Lipinski definition) is 4. The van der Waals surface area contributed by atoms with E-state index in [0.717, 1.165) is 16.5 Å². The molecule has 102 valence electrons. The first-order chi connectivity index (χ1) is 9.02. The fourth-order valence-corrected chi connectivity index (χ4v) is 2.68. The summed E-state index contributed by atoms with van der Waals surface area (Å²) < 4.78 is 10.9. The fourth-order valence-electron chi connectivity index (χ4n) is 2.13. The van der Waals surface area contributed by atoms with Gasteiger partial charge in [0.1, 0.15) is 5.75 Å². The van der Waals surface area contributed by atoms with Gasteiger partial charge in [-0.3, -0.25) is 9.59 Å². The third kappa shape index (κ3) is 2.89. The molecular weight excluding hydrogens is 316 g/mol. The van der Waals surface area contributed by atoms with Crippen LogP contribution in [0.4, 0.5) is 0 Å². The molecule has 1 aromatic rings. The Morgan fingerprint density at radius 1 is 1.53 bits per heavy atom. The summed E-state index contributed by atoms with van der Waals surface area (Å²) in [6.45, 7) is 0.578. The highest BCUT2D eigenvalue weighted by molar-refractivity contribution is 9.10. The maximum absolute atomic E-state index is 11.5. The summed E-state index contributed by atoms with van der Waals surface area (Å²) in [4.78, 5) is 22.6. The normalized spacial score (nSPS) is 14.4. The predicted molar refractivity (Wildman–Crippen MR) is 70.2 cm³/mol. The summed E-state index contributed by atoms with van der Waals surface area (Å²) in [6.07, 6.45) is 0.849. The van der Waals surface area contributed by atoms with E-state index in [9.17, 15) is 9.59 Å². The first-order valence-corrected chi connectivity index (χ1v) is 6.57. The van der Waals surface area contributed by atoms with E-state index in [1.165, 1.54) is 7.11 Å². The van der Waals surface area contributed by atoms with Gasteiger partial charge >= 0.3 is 11.9 Å². The molecule has 0 amide bonds. The number of methoxy groups -OCH3 is 1. The average molecular weight is 329 g/mol. The number of aliphatic carboxylic acids is 1. The Morgan fingerprint density at radius 2 is 2.26 bits per heavy atom. The summed E-state index contributed by atoms with van der Waals surface area (Å²) in [5, 5.41) is 9.10. The topological polar surface area (TPSA) is 72.8 Å². The number of ether oxygens (including phenoxy) is 2. The summed E-state index contributed by atoms with van der Waals surface area (Å²) in [5.74, 6) is -2.47. The van der Waals surface area contributed by atoms with Crippen LogP contribution < -0.4 is 4.74 Å². The van der Waals surface area contributed by atoms with Crippen LogP contribution in [0.1, 0.15) is 11.1 Å². The molecule has 6 heteroatoms. The molecule has 2 rings (SSSR count). The molecule has 1 unspecified atom stereocenters. The van der Waals surface area contributed by atoms with Crippen LogP contribution in [0.5, 0.6) is 5.75 Å². The van der Waals surface area contributed by atoms with E-state index in [1.54, 1.807) is 6.07 Å². The van der Waals surface area contributed by atoms with Crippen LogP contribution in [0.2, 0.25) is 0 Å². The molecule has 0 saturated heterocycles. The van der Waals surface area contributed by atoms with Crippen LogP contribution in [0, 0.1) is 5.92 Å². The molecular formula is C13H13BrO5.